The predicted octanol–water partition coefficient (Wildman–Crippen LogP) is 6.39. The molecule has 0 atom stereocenters. The molecule has 4 rings (SSSR count). The van der Waals surface area contributed by atoms with Crippen molar-refractivity contribution in [3.8, 4) is 10.4 Å². The zero-order valence-corrected chi connectivity index (χ0v) is 23.4. The fourth-order valence-electron chi connectivity index (χ4n) is 4.50. The van der Waals surface area contributed by atoms with Crippen LogP contribution < -0.4 is 5.32 Å². The lowest BCUT2D eigenvalue weighted by Crippen LogP contribution is -2.42. The quantitative estimate of drug-likeness (QED) is 0.245. The number of aryl methyl sites for hydroxylation is 1. The van der Waals surface area contributed by atoms with E-state index < -0.39 is 30.4 Å². The lowest BCUT2D eigenvalue weighted by Gasteiger charge is -2.42. The van der Waals surface area contributed by atoms with Crippen molar-refractivity contribution >= 4 is 30.6 Å². The first-order chi connectivity index (χ1) is 18.3. The van der Waals surface area contributed by atoms with E-state index in [9.17, 15) is 27.9 Å². The van der Waals surface area contributed by atoms with Crippen molar-refractivity contribution in [3.05, 3.63) is 52.9 Å². The van der Waals surface area contributed by atoms with Gasteiger partial charge in [0.1, 0.15) is 16.3 Å². The van der Waals surface area contributed by atoms with Crippen LogP contribution in [-0.4, -0.2) is 43.7 Å². The van der Waals surface area contributed by atoms with Gasteiger partial charge in [0.15, 0.2) is 5.34 Å². The number of nitrogens with zero attached hydrogens (tertiary/aromatic N) is 3. The van der Waals surface area contributed by atoms with E-state index in [2.05, 4.69) is 20.3 Å². The highest BCUT2D eigenvalue weighted by Crippen LogP contribution is 2.65. The Balaban J connectivity index is 1.53. The third kappa shape index (κ3) is 6.34. The summed E-state index contributed by atoms with van der Waals surface area (Å²) in [6.07, 6.45) is -1.71. The second-order valence-corrected chi connectivity index (χ2v) is 12.7. The number of benzene rings is 1. The van der Waals surface area contributed by atoms with E-state index in [1.54, 1.807) is 32.2 Å². The molecular weight excluding hydrogens is 556 g/mol. The number of rotatable bonds is 9. The van der Waals surface area contributed by atoms with Crippen molar-refractivity contribution in [2.24, 2.45) is 0 Å². The van der Waals surface area contributed by atoms with Crippen LogP contribution in [0.25, 0.3) is 10.4 Å². The Kier molecular flexibility index (Phi) is 8.51. The van der Waals surface area contributed by atoms with Gasteiger partial charge in [0.25, 0.3) is 0 Å². The molecule has 1 fully saturated rings. The smallest absolute Gasteiger partial charge is 0.383 e. The molecule has 9 nitrogen and oxygen atoms in total. The second-order valence-electron chi connectivity index (χ2n) is 9.35. The highest BCUT2D eigenvalue weighted by molar-refractivity contribution is 7.55. The topological polar surface area (TPSA) is 127 Å². The highest BCUT2D eigenvalue weighted by atomic mass is 32.1. The van der Waals surface area contributed by atoms with Crippen molar-refractivity contribution < 1.29 is 37.0 Å². The first-order valence-electron chi connectivity index (χ1n) is 12.4. The number of thiazole rings is 1. The summed E-state index contributed by atoms with van der Waals surface area (Å²) in [5.74, 6) is -0.188. The van der Waals surface area contributed by atoms with E-state index in [1.165, 1.54) is 11.3 Å². The van der Waals surface area contributed by atoms with Crippen LogP contribution in [0.4, 0.5) is 24.8 Å². The number of nitrogens with one attached hydrogen (secondary N) is 1. The standard InChI is InChI=1S/C25H30F3N4O5PS/c1-4-36-38(35,37-5-2)24(34)9-7-23(33,8-10-24)21-30-15-19(39-21)17-12-16(3)13-18(14-17)31-22-29-11-6-20(32-22)25(26,27)28/h6,11-15,33-34H,4-5,7-10H2,1-3H3,(H,29,31,32). The minimum absolute atomic E-state index is 0.00515. The Morgan fingerprint density at radius 1 is 1.08 bits per heavy atom. The molecule has 3 N–H and O–H groups in total. The number of hydrogen-bond donors (Lipinski definition) is 3. The number of hydrogen-bond acceptors (Lipinski definition) is 10. The summed E-state index contributed by atoms with van der Waals surface area (Å²) in [6, 6.07) is 6.17. The van der Waals surface area contributed by atoms with Crippen molar-refractivity contribution in [1.82, 2.24) is 15.0 Å². The van der Waals surface area contributed by atoms with Crippen LogP contribution in [-0.2, 0) is 25.4 Å². The van der Waals surface area contributed by atoms with E-state index >= 15 is 0 Å². The Morgan fingerprint density at radius 2 is 1.74 bits per heavy atom. The van der Waals surface area contributed by atoms with Gasteiger partial charge < -0.3 is 24.6 Å². The monoisotopic (exact) mass is 586 g/mol. The third-order valence-corrected chi connectivity index (χ3v) is 10.4. The summed E-state index contributed by atoms with van der Waals surface area (Å²) in [5, 5.41) is 24.1. The van der Waals surface area contributed by atoms with Gasteiger partial charge in [-0.05, 0) is 75.8 Å². The van der Waals surface area contributed by atoms with Crippen LogP contribution in [0.3, 0.4) is 0 Å². The maximum absolute atomic E-state index is 13.2. The molecule has 0 unspecified atom stereocenters. The normalized spacial score (nSPS) is 22.2. The fraction of sp³-hybridized carbons (Fsp3) is 0.480. The van der Waals surface area contributed by atoms with Gasteiger partial charge in [-0.25, -0.2) is 15.0 Å². The van der Waals surface area contributed by atoms with E-state index in [4.69, 9.17) is 9.05 Å². The molecule has 1 aliphatic rings. The molecule has 0 spiro atoms. The zero-order valence-electron chi connectivity index (χ0n) is 21.7. The summed E-state index contributed by atoms with van der Waals surface area (Å²) in [5.41, 5.74) is -0.327. The van der Waals surface area contributed by atoms with Crippen molar-refractivity contribution in [2.45, 2.75) is 63.6 Å². The predicted molar refractivity (Wildman–Crippen MR) is 141 cm³/mol. The van der Waals surface area contributed by atoms with Crippen LogP contribution in [0.2, 0.25) is 0 Å². The summed E-state index contributed by atoms with van der Waals surface area (Å²) in [7, 11) is -3.80. The summed E-state index contributed by atoms with van der Waals surface area (Å²) < 4.78 is 63.0. The van der Waals surface area contributed by atoms with Crippen molar-refractivity contribution in [1.29, 1.82) is 0 Å². The van der Waals surface area contributed by atoms with Gasteiger partial charge in [-0.3, -0.25) is 4.57 Å². The maximum Gasteiger partial charge on any atom is 0.433 e. The van der Waals surface area contributed by atoms with Crippen LogP contribution in [0.5, 0.6) is 0 Å². The molecule has 0 radical (unpaired) electrons. The van der Waals surface area contributed by atoms with Crippen LogP contribution in [0.1, 0.15) is 55.8 Å². The van der Waals surface area contributed by atoms with Crippen LogP contribution >= 0.6 is 18.9 Å². The van der Waals surface area contributed by atoms with E-state index in [-0.39, 0.29) is 44.8 Å². The molecule has 14 heteroatoms. The van der Waals surface area contributed by atoms with Crippen LogP contribution in [0.15, 0.2) is 36.7 Å². The summed E-state index contributed by atoms with van der Waals surface area (Å²) >= 11 is 1.27. The Bertz CT molecular complexity index is 1350. The van der Waals surface area contributed by atoms with E-state index in [0.717, 1.165) is 28.3 Å². The molecule has 2 heterocycles. The highest BCUT2D eigenvalue weighted by Gasteiger charge is 2.55. The third-order valence-electron chi connectivity index (χ3n) is 6.45. The lowest BCUT2D eigenvalue weighted by atomic mass is 9.83. The van der Waals surface area contributed by atoms with Gasteiger partial charge in [0, 0.05) is 18.1 Å². The number of aliphatic hydroxyl groups is 2. The van der Waals surface area contributed by atoms with Gasteiger partial charge in [0.2, 0.25) is 5.95 Å². The number of anilines is 2. The average Bonchev–Trinajstić information content (AvgIpc) is 3.37. The molecular formula is C25H30F3N4O5PS. The van der Waals surface area contributed by atoms with E-state index in [1.807, 2.05) is 13.0 Å². The van der Waals surface area contributed by atoms with Crippen LogP contribution in [0, 0.1) is 6.92 Å². The van der Waals surface area contributed by atoms with Gasteiger partial charge in [-0.2, -0.15) is 13.2 Å². The Morgan fingerprint density at radius 3 is 2.36 bits per heavy atom. The maximum atomic E-state index is 13.2. The average molecular weight is 587 g/mol. The Hall–Kier alpha value is -2.41. The van der Waals surface area contributed by atoms with Crippen molar-refractivity contribution in [3.63, 3.8) is 0 Å². The molecule has 1 saturated carbocycles. The Labute approximate surface area is 228 Å². The van der Waals surface area contributed by atoms with Gasteiger partial charge >= 0.3 is 13.8 Å². The fourth-order valence-corrected chi connectivity index (χ4v) is 7.55. The zero-order chi connectivity index (χ0) is 28.5. The molecule has 2 aromatic heterocycles. The first kappa shape index (κ1) is 29.6. The molecule has 3 aromatic rings. The van der Waals surface area contributed by atoms with Gasteiger partial charge in [-0.15, -0.1) is 11.3 Å². The minimum Gasteiger partial charge on any atom is -0.383 e. The number of aromatic nitrogens is 3. The lowest BCUT2D eigenvalue weighted by molar-refractivity contribution is -0.141. The SMILES string of the molecule is CCOP(=O)(OCC)C1(O)CCC(O)(c2ncc(-c3cc(C)cc(Nc4nccc(C(F)(F)F)n4)c3)s2)CC1. The largest absolute Gasteiger partial charge is 0.433 e. The second kappa shape index (κ2) is 11.2. The first-order valence-corrected chi connectivity index (χ1v) is 14.8. The number of alkyl halides is 3. The minimum atomic E-state index is -4.59. The molecule has 1 aliphatic carbocycles. The summed E-state index contributed by atoms with van der Waals surface area (Å²) in [4.78, 5) is 12.6. The molecule has 0 bridgehead atoms. The molecule has 0 saturated heterocycles. The number of halogens is 3. The molecule has 0 aliphatic heterocycles. The van der Waals surface area contributed by atoms with Gasteiger partial charge in [0.05, 0.1) is 18.1 Å². The van der Waals surface area contributed by atoms with Crippen molar-refractivity contribution in [2.75, 3.05) is 18.5 Å². The molecule has 39 heavy (non-hydrogen) atoms. The molecule has 212 valence electrons. The summed E-state index contributed by atoms with van der Waals surface area (Å²) in [6.45, 7) is 5.42. The van der Waals surface area contributed by atoms with Gasteiger partial charge in [-0.1, -0.05) is 6.07 Å². The van der Waals surface area contributed by atoms with E-state index in [0.29, 0.717) is 10.7 Å². The molecule has 1 aromatic carbocycles. The molecule has 0 amide bonds.